The van der Waals surface area contributed by atoms with E-state index in [1.54, 1.807) is 6.92 Å². The molecule has 0 aliphatic heterocycles. The third-order valence-electron chi connectivity index (χ3n) is 2.85. The molecule has 1 atom stereocenters. The smallest absolute Gasteiger partial charge is 0.309 e. The van der Waals surface area contributed by atoms with E-state index >= 15 is 0 Å². The lowest BCUT2D eigenvalue weighted by molar-refractivity contribution is -0.384. The Bertz CT molecular complexity index is 512. The maximum atomic E-state index is 11.8. The van der Waals surface area contributed by atoms with Gasteiger partial charge in [-0.25, -0.2) is 0 Å². The summed E-state index contributed by atoms with van der Waals surface area (Å²) in [7, 11) is 0. The van der Waals surface area contributed by atoms with Crippen LogP contribution < -0.4 is 0 Å². The molecule has 0 unspecified atom stereocenters. The van der Waals surface area contributed by atoms with Crippen LogP contribution in [0.3, 0.4) is 0 Å². The van der Waals surface area contributed by atoms with Crippen molar-refractivity contribution >= 4 is 17.4 Å². The van der Waals surface area contributed by atoms with Crippen molar-refractivity contribution < 1.29 is 19.2 Å². The Morgan fingerprint density at radius 2 is 2.10 bits per heavy atom. The van der Waals surface area contributed by atoms with Crippen molar-refractivity contribution in [3.63, 3.8) is 0 Å². The minimum atomic E-state index is -0.577. The van der Waals surface area contributed by atoms with Gasteiger partial charge in [-0.2, -0.15) is 0 Å². The van der Waals surface area contributed by atoms with Crippen LogP contribution in [0.5, 0.6) is 0 Å². The number of ketones is 1. The number of nitrogens with zero attached hydrogens (tertiary/aromatic N) is 1. The van der Waals surface area contributed by atoms with E-state index in [4.69, 9.17) is 4.74 Å². The van der Waals surface area contributed by atoms with Crippen molar-refractivity contribution in [3.05, 3.63) is 39.9 Å². The van der Waals surface area contributed by atoms with Crippen molar-refractivity contribution in [1.29, 1.82) is 0 Å². The number of carbonyl (C=O) groups is 2. The highest BCUT2D eigenvalue weighted by molar-refractivity contribution is 5.98. The number of nitro groups is 1. The lowest BCUT2D eigenvalue weighted by Gasteiger charge is -2.09. The number of Topliss-reactive ketones (excluding diaryl/α,β-unsaturated/α-hetero) is 1. The Kier molecular flexibility index (Phi) is 5.83. The topological polar surface area (TPSA) is 86.5 Å². The van der Waals surface area contributed by atoms with Crippen molar-refractivity contribution in [2.45, 2.75) is 26.7 Å². The molecule has 0 bridgehead atoms. The van der Waals surface area contributed by atoms with Crippen molar-refractivity contribution in [3.8, 4) is 0 Å². The summed E-state index contributed by atoms with van der Waals surface area (Å²) in [6.07, 6.45) is 1.55. The Morgan fingerprint density at radius 3 is 2.70 bits per heavy atom. The van der Waals surface area contributed by atoms with Gasteiger partial charge in [-0.1, -0.05) is 32.4 Å². The van der Waals surface area contributed by atoms with Crippen LogP contribution in [-0.2, 0) is 9.53 Å². The second-order valence-corrected chi connectivity index (χ2v) is 4.53. The largest absolute Gasteiger partial charge is 0.457 e. The first-order valence-electron chi connectivity index (χ1n) is 6.40. The molecule has 0 saturated carbocycles. The number of carbonyl (C=O) groups excluding carboxylic acids is 2. The molecule has 1 aromatic carbocycles. The molecule has 0 aliphatic rings. The van der Waals surface area contributed by atoms with Crippen LogP contribution in [0.1, 0.15) is 37.0 Å². The predicted molar refractivity (Wildman–Crippen MR) is 72.5 cm³/mol. The molecule has 0 aromatic heterocycles. The first-order valence-corrected chi connectivity index (χ1v) is 6.40. The van der Waals surface area contributed by atoms with Gasteiger partial charge >= 0.3 is 5.97 Å². The van der Waals surface area contributed by atoms with Crippen LogP contribution in [-0.4, -0.2) is 23.3 Å². The third kappa shape index (κ3) is 4.46. The average Bonchev–Trinajstić information content (AvgIpc) is 2.44. The van der Waals surface area contributed by atoms with Crippen LogP contribution in [0.4, 0.5) is 5.69 Å². The molecule has 0 heterocycles. The van der Waals surface area contributed by atoms with E-state index in [0.29, 0.717) is 6.42 Å². The van der Waals surface area contributed by atoms with Gasteiger partial charge < -0.3 is 4.74 Å². The molecule has 1 aromatic rings. The van der Waals surface area contributed by atoms with Gasteiger partial charge in [0.25, 0.3) is 5.69 Å². The number of non-ortho nitro benzene ring substituents is 1. The number of rotatable bonds is 7. The second-order valence-electron chi connectivity index (χ2n) is 4.53. The molecule has 0 fully saturated rings. The zero-order chi connectivity index (χ0) is 15.1. The molecular weight excluding hydrogens is 262 g/mol. The summed E-state index contributed by atoms with van der Waals surface area (Å²) >= 11 is 0. The average molecular weight is 279 g/mol. The number of ether oxygens (including phenoxy) is 1. The normalized spacial score (nSPS) is 11.7. The summed E-state index contributed by atoms with van der Waals surface area (Å²) < 4.78 is 4.91. The molecule has 20 heavy (non-hydrogen) atoms. The fraction of sp³-hybridized carbons (Fsp3) is 0.429. The van der Waals surface area contributed by atoms with E-state index in [1.807, 2.05) is 6.92 Å². The summed E-state index contributed by atoms with van der Waals surface area (Å²) in [5, 5.41) is 10.6. The van der Waals surface area contributed by atoms with E-state index in [1.165, 1.54) is 24.3 Å². The maximum Gasteiger partial charge on any atom is 0.309 e. The first kappa shape index (κ1) is 15.8. The van der Waals surface area contributed by atoms with Gasteiger partial charge in [-0.15, -0.1) is 0 Å². The van der Waals surface area contributed by atoms with Crippen LogP contribution in [0.2, 0.25) is 0 Å². The van der Waals surface area contributed by atoms with Crippen molar-refractivity contribution in [2.24, 2.45) is 5.92 Å². The highest BCUT2D eigenvalue weighted by Crippen LogP contribution is 2.14. The van der Waals surface area contributed by atoms with E-state index in [9.17, 15) is 19.7 Å². The fourth-order valence-corrected chi connectivity index (χ4v) is 1.71. The minimum absolute atomic E-state index is 0.162. The number of esters is 1. The molecule has 6 heteroatoms. The summed E-state index contributed by atoms with van der Waals surface area (Å²) in [5.41, 5.74) is -0.00308. The molecule has 108 valence electrons. The van der Waals surface area contributed by atoms with Gasteiger partial charge in [0.15, 0.2) is 6.61 Å². The molecular formula is C14H17NO5. The Labute approximate surface area is 116 Å². The molecule has 0 saturated heterocycles. The third-order valence-corrected chi connectivity index (χ3v) is 2.85. The lowest BCUT2D eigenvalue weighted by Crippen LogP contribution is -2.19. The summed E-state index contributed by atoms with van der Waals surface area (Å²) in [6.45, 7) is 3.30. The van der Waals surface area contributed by atoms with Crippen LogP contribution >= 0.6 is 0 Å². The Morgan fingerprint density at radius 1 is 1.40 bits per heavy atom. The highest BCUT2D eigenvalue weighted by atomic mass is 16.6. The summed E-state index contributed by atoms with van der Waals surface area (Å²) in [6, 6.07) is 5.35. The van der Waals surface area contributed by atoms with Crippen LogP contribution in [0, 0.1) is 16.0 Å². The van der Waals surface area contributed by atoms with Gasteiger partial charge in [0.05, 0.1) is 10.8 Å². The van der Waals surface area contributed by atoms with E-state index in [-0.39, 0.29) is 17.2 Å². The quantitative estimate of drug-likeness (QED) is 0.331. The first-order chi connectivity index (χ1) is 9.45. The number of hydrogen-bond donors (Lipinski definition) is 0. The molecule has 0 radical (unpaired) electrons. The van der Waals surface area contributed by atoms with E-state index in [2.05, 4.69) is 0 Å². The second kappa shape index (κ2) is 7.37. The maximum absolute atomic E-state index is 11.8. The number of hydrogen-bond acceptors (Lipinski definition) is 5. The predicted octanol–water partition coefficient (Wildman–Crippen LogP) is 2.76. The van der Waals surface area contributed by atoms with Gasteiger partial charge in [0.1, 0.15) is 0 Å². The molecule has 0 N–H and O–H groups in total. The van der Waals surface area contributed by atoms with Crippen molar-refractivity contribution in [2.75, 3.05) is 6.61 Å². The molecule has 6 nitrogen and oxygen atoms in total. The lowest BCUT2D eigenvalue weighted by atomic mass is 10.1. The molecule has 1 rings (SSSR count). The SMILES string of the molecule is CCC[C@@H](C)C(=O)OCC(=O)c1cccc([N+](=O)[O-])c1. The van der Waals surface area contributed by atoms with Gasteiger partial charge in [0.2, 0.25) is 5.78 Å². The standard InChI is InChI=1S/C14H17NO5/c1-3-5-10(2)14(17)20-9-13(16)11-6-4-7-12(8-11)15(18)19/h4,6-8,10H,3,5,9H2,1-2H3/t10-/m1/s1. The van der Waals surface area contributed by atoms with Crippen molar-refractivity contribution in [1.82, 2.24) is 0 Å². The number of nitro benzene ring substituents is 1. The Balaban J connectivity index is 2.61. The summed E-state index contributed by atoms with van der Waals surface area (Å²) in [4.78, 5) is 33.4. The van der Waals surface area contributed by atoms with E-state index < -0.39 is 23.3 Å². The van der Waals surface area contributed by atoms with Gasteiger partial charge in [-0.05, 0) is 6.42 Å². The monoisotopic (exact) mass is 279 g/mol. The van der Waals surface area contributed by atoms with Crippen LogP contribution in [0.15, 0.2) is 24.3 Å². The zero-order valence-electron chi connectivity index (χ0n) is 11.5. The molecule has 0 spiro atoms. The Hall–Kier alpha value is -2.24. The minimum Gasteiger partial charge on any atom is -0.457 e. The molecule has 0 aliphatic carbocycles. The molecule has 0 amide bonds. The number of benzene rings is 1. The highest BCUT2D eigenvalue weighted by Gasteiger charge is 2.17. The van der Waals surface area contributed by atoms with Gasteiger partial charge in [0, 0.05) is 17.7 Å². The van der Waals surface area contributed by atoms with Crippen LogP contribution in [0.25, 0.3) is 0 Å². The fourth-order valence-electron chi connectivity index (χ4n) is 1.71. The zero-order valence-corrected chi connectivity index (χ0v) is 11.5. The van der Waals surface area contributed by atoms with E-state index in [0.717, 1.165) is 6.42 Å². The summed E-state index contributed by atoms with van der Waals surface area (Å²) in [5.74, 6) is -1.13. The van der Waals surface area contributed by atoms with Gasteiger partial charge in [-0.3, -0.25) is 19.7 Å².